The van der Waals surface area contributed by atoms with Gasteiger partial charge in [-0.3, -0.25) is 4.98 Å². The quantitative estimate of drug-likeness (QED) is 0.876. The lowest BCUT2D eigenvalue weighted by atomic mass is 10.2. The van der Waals surface area contributed by atoms with Gasteiger partial charge in [-0.05, 0) is 12.1 Å². The number of piperazine rings is 1. The predicted octanol–water partition coefficient (Wildman–Crippen LogP) is 1.21. The minimum absolute atomic E-state index is 0.347. The van der Waals surface area contributed by atoms with Crippen LogP contribution in [0.3, 0.4) is 0 Å². The second-order valence-electron chi connectivity index (χ2n) is 4.47. The van der Waals surface area contributed by atoms with Crippen LogP contribution in [-0.4, -0.2) is 42.2 Å². The summed E-state index contributed by atoms with van der Waals surface area (Å²) in [4.78, 5) is 21.6. The summed E-state index contributed by atoms with van der Waals surface area (Å²) in [5, 5.41) is 5.84. The fraction of sp³-hybridized carbons (Fsp3) is 0.286. The van der Waals surface area contributed by atoms with Gasteiger partial charge in [0.05, 0.1) is 11.1 Å². The molecule has 1 saturated heterocycles. The molecule has 2 aromatic rings. The van der Waals surface area contributed by atoms with Gasteiger partial charge in [0.1, 0.15) is 0 Å². The van der Waals surface area contributed by atoms with E-state index in [2.05, 4.69) is 10.3 Å². The van der Waals surface area contributed by atoms with Gasteiger partial charge in [-0.1, -0.05) is 18.2 Å². The number of benzene rings is 1. The zero-order chi connectivity index (χ0) is 13.1. The van der Waals surface area contributed by atoms with Gasteiger partial charge < -0.3 is 10.2 Å². The van der Waals surface area contributed by atoms with Crippen molar-refractivity contribution in [3.05, 3.63) is 42.1 Å². The summed E-state index contributed by atoms with van der Waals surface area (Å²) in [6.07, 6.45) is 1.56. The molecule has 1 aromatic heterocycles. The normalized spacial score (nSPS) is 16.4. The average molecular weight is 257 g/mol. The van der Waals surface area contributed by atoms with Gasteiger partial charge >= 0.3 is 5.97 Å². The number of nitrogens with one attached hydrogen (secondary N) is 1. The minimum atomic E-state index is -0.347. The summed E-state index contributed by atoms with van der Waals surface area (Å²) < 4.78 is 0. The van der Waals surface area contributed by atoms with Crippen molar-refractivity contribution in [3.8, 4) is 0 Å². The maximum atomic E-state index is 12.0. The fourth-order valence-electron chi connectivity index (χ4n) is 2.09. The molecule has 5 heteroatoms. The first-order valence-electron chi connectivity index (χ1n) is 6.36. The zero-order valence-corrected chi connectivity index (χ0v) is 10.5. The summed E-state index contributed by atoms with van der Waals surface area (Å²) in [6, 6.07) is 9.51. The van der Waals surface area contributed by atoms with Crippen LogP contribution >= 0.6 is 0 Å². The van der Waals surface area contributed by atoms with Crippen molar-refractivity contribution in [2.24, 2.45) is 0 Å². The highest BCUT2D eigenvalue weighted by Gasteiger charge is 2.16. The largest absolute Gasteiger partial charge is 0.364 e. The third-order valence-corrected chi connectivity index (χ3v) is 3.11. The van der Waals surface area contributed by atoms with Crippen LogP contribution in [0.1, 0.15) is 10.4 Å². The van der Waals surface area contributed by atoms with Crippen LogP contribution in [0.25, 0.3) is 10.9 Å². The smallest absolute Gasteiger partial charge is 0.358 e. The fourth-order valence-corrected chi connectivity index (χ4v) is 2.09. The number of rotatable bonds is 2. The highest BCUT2D eigenvalue weighted by Crippen LogP contribution is 2.13. The molecule has 0 bridgehead atoms. The van der Waals surface area contributed by atoms with Crippen LogP contribution < -0.4 is 5.32 Å². The highest BCUT2D eigenvalue weighted by atomic mass is 16.7. The Morgan fingerprint density at radius 1 is 1.26 bits per heavy atom. The standard InChI is InChI=1S/C14H15N3O2/c18-14(19-17-7-5-15-6-8-17)12-9-11-3-1-2-4-13(11)16-10-12/h1-4,9-10,15H,5-8H2. The lowest BCUT2D eigenvalue weighted by Crippen LogP contribution is -2.44. The Hall–Kier alpha value is -1.98. The zero-order valence-electron chi connectivity index (χ0n) is 10.5. The van der Waals surface area contributed by atoms with Crippen LogP contribution in [0.2, 0.25) is 0 Å². The van der Waals surface area contributed by atoms with Crippen LogP contribution in [0.15, 0.2) is 36.5 Å². The number of nitrogens with zero attached hydrogens (tertiary/aromatic N) is 2. The molecule has 2 heterocycles. The van der Waals surface area contributed by atoms with Gasteiger partial charge in [0.2, 0.25) is 0 Å². The molecule has 1 N–H and O–H groups in total. The molecular formula is C14H15N3O2. The molecule has 0 unspecified atom stereocenters. The molecule has 1 fully saturated rings. The molecule has 1 aliphatic rings. The second-order valence-corrected chi connectivity index (χ2v) is 4.47. The molecule has 19 heavy (non-hydrogen) atoms. The number of hydrogen-bond donors (Lipinski definition) is 1. The second kappa shape index (κ2) is 5.34. The maximum Gasteiger partial charge on any atom is 0.358 e. The lowest BCUT2D eigenvalue weighted by Gasteiger charge is -2.25. The van der Waals surface area contributed by atoms with E-state index in [-0.39, 0.29) is 5.97 Å². The molecule has 0 saturated carbocycles. The molecule has 0 spiro atoms. The van der Waals surface area contributed by atoms with Crippen molar-refractivity contribution in [2.75, 3.05) is 26.2 Å². The predicted molar refractivity (Wildman–Crippen MR) is 71.6 cm³/mol. The summed E-state index contributed by atoms with van der Waals surface area (Å²) in [7, 11) is 0. The topological polar surface area (TPSA) is 54.5 Å². The summed E-state index contributed by atoms with van der Waals surface area (Å²) in [6.45, 7) is 3.10. The molecule has 3 rings (SSSR count). The lowest BCUT2D eigenvalue weighted by molar-refractivity contribution is -0.115. The van der Waals surface area contributed by atoms with Gasteiger partial charge in [0, 0.05) is 37.8 Å². The summed E-state index contributed by atoms with van der Waals surface area (Å²) in [5.41, 5.74) is 1.36. The van der Waals surface area contributed by atoms with Crippen LogP contribution in [0.5, 0.6) is 0 Å². The van der Waals surface area contributed by atoms with E-state index in [9.17, 15) is 4.79 Å². The van der Waals surface area contributed by atoms with E-state index < -0.39 is 0 Å². The molecule has 5 nitrogen and oxygen atoms in total. The highest BCUT2D eigenvalue weighted by molar-refractivity contribution is 5.93. The van der Waals surface area contributed by atoms with Gasteiger partial charge in [0.25, 0.3) is 0 Å². The van der Waals surface area contributed by atoms with Gasteiger partial charge in [-0.15, -0.1) is 5.06 Å². The molecule has 0 radical (unpaired) electrons. The monoisotopic (exact) mass is 257 g/mol. The maximum absolute atomic E-state index is 12.0. The summed E-state index contributed by atoms with van der Waals surface area (Å²) in [5.74, 6) is -0.347. The van der Waals surface area contributed by atoms with Gasteiger partial charge in [-0.2, -0.15) is 0 Å². The Labute approximate surface area is 111 Å². The van der Waals surface area contributed by atoms with Crippen LogP contribution in [-0.2, 0) is 4.84 Å². The van der Waals surface area contributed by atoms with E-state index in [1.165, 1.54) is 0 Å². The summed E-state index contributed by atoms with van der Waals surface area (Å²) >= 11 is 0. The molecule has 98 valence electrons. The average Bonchev–Trinajstić information content (AvgIpc) is 2.48. The van der Waals surface area contributed by atoms with E-state index in [0.29, 0.717) is 18.7 Å². The number of fused-ring (bicyclic) bond motifs is 1. The molecule has 1 aromatic carbocycles. The number of hydroxylamine groups is 2. The molecule has 0 amide bonds. The number of hydrogen-bond acceptors (Lipinski definition) is 5. The van der Waals surface area contributed by atoms with Crippen molar-refractivity contribution < 1.29 is 9.63 Å². The van der Waals surface area contributed by atoms with Crippen molar-refractivity contribution in [1.29, 1.82) is 0 Å². The van der Waals surface area contributed by atoms with Crippen molar-refractivity contribution in [3.63, 3.8) is 0 Å². The Morgan fingerprint density at radius 3 is 2.89 bits per heavy atom. The Morgan fingerprint density at radius 2 is 2.05 bits per heavy atom. The Balaban J connectivity index is 1.77. The Kier molecular flexibility index (Phi) is 3.39. The number of carbonyl (C=O) groups excluding carboxylic acids is 1. The van der Waals surface area contributed by atoms with E-state index in [4.69, 9.17) is 4.84 Å². The third kappa shape index (κ3) is 2.72. The molecule has 1 aliphatic heterocycles. The van der Waals surface area contributed by atoms with Crippen molar-refractivity contribution in [2.45, 2.75) is 0 Å². The van der Waals surface area contributed by atoms with E-state index in [1.807, 2.05) is 30.3 Å². The van der Waals surface area contributed by atoms with Gasteiger partial charge in [-0.25, -0.2) is 4.79 Å². The van der Waals surface area contributed by atoms with Crippen molar-refractivity contribution in [1.82, 2.24) is 15.4 Å². The molecule has 0 aliphatic carbocycles. The van der Waals surface area contributed by atoms with Crippen LogP contribution in [0, 0.1) is 0 Å². The molecular weight excluding hydrogens is 242 g/mol. The SMILES string of the molecule is O=C(ON1CCNCC1)c1cnc2ccccc2c1. The van der Waals surface area contributed by atoms with E-state index >= 15 is 0 Å². The Bertz CT molecular complexity index is 594. The number of pyridine rings is 1. The number of aromatic nitrogens is 1. The van der Waals surface area contributed by atoms with Gasteiger partial charge in [0.15, 0.2) is 0 Å². The first-order valence-corrected chi connectivity index (χ1v) is 6.36. The van der Waals surface area contributed by atoms with Crippen molar-refractivity contribution >= 4 is 16.9 Å². The number of para-hydroxylation sites is 1. The molecule has 0 atom stereocenters. The minimum Gasteiger partial charge on any atom is -0.364 e. The van der Waals surface area contributed by atoms with E-state index in [1.54, 1.807) is 11.3 Å². The van der Waals surface area contributed by atoms with E-state index in [0.717, 1.165) is 24.0 Å². The number of carbonyl (C=O) groups is 1. The first-order chi connectivity index (χ1) is 9.33. The third-order valence-electron chi connectivity index (χ3n) is 3.11. The first kappa shape index (κ1) is 12.1. The van der Waals surface area contributed by atoms with Crippen LogP contribution in [0.4, 0.5) is 0 Å².